The summed E-state index contributed by atoms with van der Waals surface area (Å²) in [6.45, 7) is 3.45. The summed E-state index contributed by atoms with van der Waals surface area (Å²) in [6, 6.07) is 8.54. The van der Waals surface area contributed by atoms with Crippen LogP contribution in [0.25, 0.3) is 0 Å². The van der Waals surface area contributed by atoms with Gasteiger partial charge in [-0.05, 0) is 38.2 Å². The first-order chi connectivity index (χ1) is 10.6. The number of likely N-dealkylation sites (tertiary alicyclic amines) is 1. The molecule has 118 valence electrons. The van der Waals surface area contributed by atoms with Crippen LogP contribution in [0, 0.1) is 12.8 Å². The Morgan fingerprint density at radius 2 is 1.73 bits per heavy atom. The van der Waals surface area contributed by atoms with Crippen molar-refractivity contribution in [1.82, 2.24) is 10.2 Å². The predicted molar refractivity (Wildman–Crippen MR) is 85.4 cm³/mol. The molecule has 0 radical (unpaired) electrons. The Hall–Kier alpha value is -1.84. The molecule has 1 N–H and O–H groups in total. The van der Waals surface area contributed by atoms with Crippen molar-refractivity contribution in [2.45, 2.75) is 45.1 Å². The topological polar surface area (TPSA) is 49.4 Å². The molecule has 0 atom stereocenters. The maximum absolute atomic E-state index is 12.3. The van der Waals surface area contributed by atoms with Crippen molar-refractivity contribution < 1.29 is 9.59 Å². The van der Waals surface area contributed by atoms with Crippen molar-refractivity contribution in [3.05, 3.63) is 35.4 Å². The Labute approximate surface area is 131 Å². The Kier molecular flexibility index (Phi) is 4.46. The van der Waals surface area contributed by atoms with Gasteiger partial charge in [0.15, 0.2) is 0 Å². The zero-order valence-electron chi connectivity index (χ0n) is 13.2. The van der Waals surface area contributed by atoms with Crippen LogP contribution in [-0.4, -0.2) is 35.8 Å². The summed E-state index contributed by atoms with van der Waals surface area (Å²) in [5.74, 6) is 0.446. The van der Waals surface area contributed by atoms with E-state index in [-0.39, 0.29) is 17.7 Å². The molecule has 0 spiro atoms. The zero-order valence-corrected chi connectivity index (χ0v) is 13.2. The van der Waals surface area contributed by atoms with Gasteiger partial charge in [-0.15, -0.1) is 0 Å². The first-order valence-electron chi connectivity index (χ1n) is 8.25. The molecule has 2 aliphatic rings. The molecule has 0 unspecified atom stereocenters. The number of nitrogens with zero attached hydrogens (tertiary/aromatic N) is 1. The number of hydrogen-bond acceptors (Lipinski definition) is 2. The lowest BCUT2D eigenvalue weighted by atomic mass is 9.95. The van der Waals surface area contributed by atoms with Crippen LogP contribution in [0.5, 0.6) is 0 Å². The maximum Gasteiger partial charge on any atom is 0.226 e. The number of nitrogens with one attached hydrogen (secondary N) is 1. The Bertz CT molecular complexity index is 541. The SMILES string of the molecule is Cc1ccc(CC(=O)N2CCC(C(=O)NC3CC3)CC2)cc1. The van der Waals surface area contributed by atoms with Gasteiger partial charge in [0.1, 0.15) is 0 Å². The molecule has 3 rings (SSSR count). The molecule has 1 aromatic carbocycles. The fraction of sp³-hybridized carbons (Fsp3) is 0.556. The van der Waals surface area contributed by atoms with Gasteiger partial charge in [-0.1, -0.05) is 29.8 Å². The van der Waals surface area contributed by atoms with E-state index in [2.05, 4.69) is 5.32 Å². The molecule has 1 heterocycles. The van der Waals surface area contributed by atoms with Gasteiger partial charge in [-0.25, -0.2) is 0 Å². The summed E-state index contributed by atoms with van der Waals surface area (Å²) < 4.78 is 0. The highest BCUT2D eigenvalue weighted by atomic mass is 16.2. The van der Waals surface area contributed by atoms with Crippen molar-refractivity contribution in [3.63, 3.8) is 0 Å². The van der Waals surface area contributed by atoms with Gasteiger partial charge < -0.3 is 10.2 Å². The van der Waals surface area contributed by atoms with E-state index in [4.69, 9.17) is 0 Å². The van der Waals surface area contributed by atoms with E-state index in [1.807, 2.05) is 36.1 Å². The standard InChI is InChI=1S/C18H24N2O2/c1-13-2-4-14(5-3-13)12-17(21)20-10-8-15(9-11-20)18(22)19-16-6-7-16/h2-5,15-16H,6-12H2,1H3,(H,19,22). The molecule has 0 aromatic heterocycles. The van der Waals surface area contributed by atoms with Gasteiger partial charge in [0.25, 0.3) is 0 Å². The number of benzene rings is 1. The predicted octanol–water partition coefficient (Wildman–Crippen LogP) is 2.05. The van der Waals surface area contributed by atoms with Crippen molar-refractivity contribution in [2.75, 3.05) is 13.1 Å². The van der Waals surface area contributed by atoms with Crippen LogP contribution < -0.4 is 5.32 Å². The molecule has 4 heteroatoms. The van der Waals surface area contributed by atoms with Gasteiger partial charge in [-0.3, -0.25) is 9.59 Å². The lowest BCUT2D eigenvalue weighted by Gasteiger charge is -2.31. The molecular formula is C18H24N2O2. The van der Waals surface area contributed by atoms with E-state index in [0.717, 1.165) is 31.2 Å². The van der Waals surface area contributed by atoms with Gasteiger partial charge >= 0.3 is 0 Å². The minimum absolute atomic E-state index is 0.0871. The number of aryl methyl sites for hydroxylation is 1. The molecule has 22 heavy (non-hydrogen) atoms. The van der Waals surface area contributed by atoms with Crippen LogP contribution >= 0.6 is 0 Å². The number of hydrogen-bond donors (Lipinski definition) is 1. The number of carbonyl (C=O) groups is 2. The van der Waals surface area contributed by atoms with Crippen molar-refractivity contribution in [2.24, 2.45) is 5.92 Å². The Morgan fingerprint density at radius 3 is 2.32 bits per heavy atom. The minimum atomic E-state index is 0.0871. The second-order valence-corrected chi connectivity index (χ2v) is 6.60. The maximum atomic E-state index is 12.3. The number of amides is 2. The average molecular weight is 300 g/mol. The monoisotopic (exact) mass is 300 g/mol. The van der Waals surface area contributed by atoms with E-state index < -0.39 is 0 Å². The van der Waals surface area contributed by atoms with Crippen molar-refractivity contribution in [1.29, 1.82) is 0 Å². The highest BCUT2D eigenvalue weighted by molar-refractivity contribution is 5.81. The third-order valence-electron chi connectivity index (χ3n) is 4.62. The molecule has 2 fully saturated rings. The lowest BCUT2D eigenvalue weighted by Crippen LogP contribution is -2.43. The molecule has 4 nitrogen and oxygen atoms in total. The highest BCUT2D eigenvalue weighted by Gasteiger charge is 2.30. The van der Waals surface area contributed by atoms with Crippen LogP contribution in [0.3, 0.4) is 0 Å². The van der Waals surface area contributed by atoms with Gasteiger partial charge in [0.2, 0.25) is 11.8 Å². The number of rotatable bonds is 4. The average Bonchev–Trinajstić information content (AvgIpc) is 3.33. The third kappa shape index (κ3) is 3.87. The molecule has 0 bridgehead atoms. The van der Waals surface area contributed by atoms with Crippen LogP contribution in [0.2, 0.25) is 0 Å². The van der Waals surface area contributed by atoms with Crippen LogP contribution in [0.15, 0.2) is 24.3 Å². The largest absolute Gasteiger partial charge is 0.353 e. The quantitative estimate of drug-likeness (QED) is 0.925. The molecule has 1 aliphatic heterocycles. The Balaban J connectivity index is 1.46. The molecule has 1 aliphatic carbocycles. The van der Waals surface area contributed by atoms with Crippen LogP contribution in [0.4, 0.5) is 0 Å². The smallest absolute Gasteiger partial charge is 0.226 e. The fourth-order valence-electron chi connectivity index (χ4n) is 2.93. The third-order valence-corrected chi connectivity index (χ3v) is 4.62. The van der Waals surface area contributed by atoms with Gasteiger partial charge in [-0.2, -0.15) is 0 Å². The Morgan fingerprint density at radius 1 is 1.09 bits per heavy atom. The highest BCUT2D eigenvalue weighted by Crippen LogP contribution is 2.23. The number of carbonyl (C=O) groups excluding carboxylic acids is 2. The van der Waals surface area contributed by atoms with Gasteiger partial charge in [0, 0.05) is 25.0 Å². The van der Waals surface area contributed by atoms with Crippen molar-refractivity contribution >= 4 is 11.8 Å². The normalized spacial score (nSPS) is 19.0. The van der Waals surface area contributed by atoms with Crippen molar-refractivity contribution in [3.8, 4) is 0 Å². The first-order valence-corrected chi connectivity index (χ1v) is 8.25. The van der Waals surface area contributed by atoms with Crippen LogP contribution in [0.1, 0.15) is 36.8 Å². The number of piperidine rings is 1. The minimum Gasteiger partial charge on any atom is -0.353 e. The zero-order chi connectivity index (χ0) is 15.5. The molecule has 1 aromatic rings. The molecular weight excluding hydrogens is 276 g/mol. The summed E-state index contributed by atoms with van der Waals surface area (Å²) >= 11 is 0. The first kappa shape index (κ1) is 15.1. The van der Waals surface area contributed by atoms with Gasteiger partial charge in [0.05, 0.1) is 6.42 Å². The van der Waals surface area contributed by atoms with E-state index in [9.17, 15) is 9.59 Å². The molecule has 1 saturated heterocycles. The van der Waals surface area contributed by atoms with E-state index >= 15 is 0 Å². The summed E-state index contributed by atoms with van der Waals surface area (Å²) in [5.41, 5.74) is 2.27. The van der Waals surface area contributed by atoms with E-state index in [1.165, 1.54) is 5.56 Å². The summed E-state index contributed by atoms with van der Waals surface area (Å²) in [5, 5.41) is 3.07. The summed E-state index contributed by atoms with van der Waals surface area (Å²) in [6.07, 6.45) is 4.29. The second-order valence-electron chi connectivity index (χ2n) is 6.60. The van der Waals surface area contributed by atoms with Crippen LogP contribution in [-0.2, 0) is 16.0 Å². The second kappa shape index (κ2) is 6.51. The van der Waals surface area contributed by atoms with E-state index in [1.54, 1.807) is 0 Å². The lowest BCUT2D eigenvalue weighted by molar-refractivity contribution is -0.135. The summed E-state index contributed by atoms with van der Waals surface area (Å²) in [4.78, 5) is 26.3. The molecule has 2 amide bonds. The fourth-order valence-corrected chi connectivity index (χ4v) is 2.93. The molecule has 1 saturated carbocycles. The summed E-state index contributed by atoms with van der Waals surface area (Å²) in [7, 11) is 0. The van der Waals surface area contributed by atoms with E-state index in [0.29, 0.717) is 25.6 Å².